The molecule has 3 N–H and O–H groups in total. The van der Waals surface area contributed by atoms with Gasteiger partial charge in [-0.15, -0.1) is 0 Å². The van der Waals surface area contributed by atoms with E-state index in [1.807, 2.05) is 0 Å². The third-order valence-electron chi connectivity index (χ3n) is 1.61. The largest absolute Gasteiger partial charge is 0.381 e. The molecule has 0 aromatic carbocycles. The highest BCUT2D eigenvalue weighted by molar-refractivity contribution is 4.69. The van der Waals surface area contributed by atoms with E-state index in [0.29, 0.717) is 0 Å². The Bertz CT molecular complexity index is 110. The third-order valence-corrected chi connectivity index (χ3v) is 1.61. The summed E-state index contributed by atoms with van der Waals surface area (Å²) >= 11 is 0. The van der Waals surface area contributed by atoms with Gasteiger partial charge in [-0.2, -0.15) is 0 Å². The number of rotatable bonds is 7. The fraction of sp³-hybridized carbons (Fsp3) is 1.00. The smallest absolute Gasteiger partial charge is 0.0478 e. The second kappa shape index (κ2) is 7.30. The van der Waals surface area contributed by atoms with Crippen LogP contribution in [0.3, 0.4) is 0 Å². The Morgan fingerprint density at radius 1 is 1.15 bits per heavy atom. The molecule has 0 heterocycles. The molecule has 0 aromatic heterocycles. The maximum absolute atomic E-state index is 5.37. The summed E-state index contributed by atoms with van der Waals surface area (Å²) in [4.78, 5) is 0. The predicted octanol–water partition coefficient (Wildman–Crippen LogP) is 1.13. The molecule has 0 aliphatic rings. The highest BCUT2D eigenvalue weighted by atomic mass is 16.5. The Balaban J connectivity index is 3.00. The molecule has 0 aromatic rings. The molecule has 3 nitrogen and oxygen atoms in total. The molecule has 0 saturated heterocycles. The van der Waals surface area contributed by atoms with Gasteiger partial charge in [0.25, 0.3) is 0 Å². The molecule has 13 heavy (non-hydrogen) atoms. The first-order chi connectivity index (χ1) is 6.06. The van der Waals surface area contributed by atoms with Gasteiger partial charge in [-0.05, 0) is 46.7 Å². The molecule has 0 spiro atoms. The van der Waals surface area contributed by atoms with E-state index >= 15 is 0 Å². The first-order valence-corrected chi connectivity index (χ1v) is 5.09. The van der Waals surface area contributed by atoms with Crippen LogP contribution in [-0.4, -0.2) is 31.8 Å². The van der Waals surface area contributed by atoms with Crippen molar-refractivity contribution in [2.45, 2.75) is 39.2 Å². The number of nitrogens with two attached hydrogens (primary N) is 1. The molecule has 80 valence electrons. The molecule has 0 fully saturated rings. The van der Waals surface area contributed by atoms with Crippen molar-refractivity contribution in [2.75, 3.05) is 26.3 Å². The summed E-state index contributed by atoms with van der Waals surface area (Å²) in [5.41, 5.74) is 5.55. The van der Waals surface area contributed by atoms with Crippen LogP contribution in [0.1, 0.15) is 33.6 Å². The fourth-order valence-corrected chi connectivity index (χ4v) is 0.925. The van der Waals surface area contributed by atoms with Crippen LogP contribution < -0.4 is 11.1 Å². The molecule has 0 aliphatic carbocycles. The summed E-state index contributed by atoms with van der Waals surface area (Å²) in [7, 11) is 0. The van der Waals surface area contributed by atoms with Crippen molar-refractivity contribution < 1.29 is 4.74 Å². The summed E-state index contributed by atoms with van der Waals surface area (Å²) in [5, 5.41) is 3.41. The van der Waals surface area contributed by atoms with Gasteiger partial charge < -0.3 is 15.8 Å². The lowest BCUT2D eigenvalue weighted by Gasteiger charge is -2.20. The first kappa shape index (κ1) is 12.9. The van der Waals surface area contributed by atoms with Gasteiger partial charge in [-0.25, -0.2) is 0 Å². The fourth-order valence-electron chi connectivity index (χ4n) is 0.925. The Kier molecular flexibility index (Phi) is 7.23. The minimum absolute atomic E-state index is 0.220. The van der Waals surface area contributed by atoms with Crippen molar-refractivity contribution in [1.29, 1.82) is 0 Å². The van der Waals surface area contributed by atoms with Crippen LogP contribution >= 0.6 is 0 Å². The van der Waals surface area contributed by atoms with Crippen molar-refractivity contribution in [2.24, 2.45) is 5.73 Å². The van der Waals surface area contributed by atoms with E-state index in [0.717, 1.165) is 39.1 Å². The minimum Gasteiger partial charge on any atom is -0.381 e. The average Bonchev–Trinajstić information content (AvgIpc) is 2.01. The zero-order chi connectivity index (χ0) is 10.2. The number of hydrogen-bond acceptors (Lipinski definition) is 3. The second-order valence-electron chi connectivity index (χ2n) is 4.28. The molecule has 0 bridgehead atoms. The van der Waals surface area contributed by atoms with Gasteiger partial charge in [-0.1, -0.05) is 0 Å². The zero-order valence-electron chi connectivity index (χ0n) is 9.23. The van der Waals surface area contributed by atoms with Gasteiger partial charge >= 0.3 is 0 Å². The summed E-state index contributed by atoms with van der Waals surface area (Å²) in [5.74, 6) is 0. The topological polar surface area (TPSA) is 47.3 Å². The van der Waals surface area contributed by atoms with Crippen LogP contribution in [0, 0.1) is 0 Å². The minimum atomic E-state index is 0.220. The van der Waals surface area contributed by atoms with Crippen molar-refractivity contribution >= 4 is 0 Å². The van der Waals surface area contributed by atoms with E-state index in [-0.39, 0.29) is 5.54 Å². The standard InChI is InChI=1S/C10H24N2O/c1-10(2,3)12-7-5-9-13-8-4-6-11/h12H,4-9,11H2,1-3H3. The molecular weight excluding hydrogens is 164 g/mol. The molecule has 0 rings (SSSR count). The molecule has 0 unspecified atom stereocenters. The van der Waals surface area contributed by atoms with Crippen LogP contribution in [0.25, 0.3) is 0 Å². The average molecular weight is 188 g/mol. The number of nitrogens with one attached hydrogen (secondary N) is 1. The molecule has 3 heteroatoms. The van der Waals surface area contributed by atoms with E-state index in [9.17, 15) is 0 Å². The van der Waals surface area contributed by atoms with Crippen molar-refractivity contribution in [3.8, 4) is 0 Å². The zero-order valence-corrected chi connectivity index (χ0v) is 9.23. The molecule has 0 aliphatic heterocycles. The van der Waals surface area contributed by atoms with Gasteiger partial charge in [0, 0.05) is 18.8 Å². The Morgan fingerprint density at radius 3 is 2.31 bits per heavy atom. The summed E-state index contributed by atoms with van der Waals surface area (Å²) in [6.07, 6.45) is 2.04. The first-order valence-electron chi connectivity index (χ1n) is 5.09. The van der Waals surface area contributed by atoms with Crippen LogP contribution in [0.5, 0.6) is 0 Å². The quantitative estimate of drug-likeness (QED) is 0.589. The molecule has 0 radical (unpaired) electrons. The van der Waals surface area contributed by atoms with Crippen molar-refractivity contribution in [1.82, 2.24) is 5.32 Å². The summed E-state index contributed by atoms with van der Waals surface area (Å²) in [6.45, 7) is 9.88. The third kappa shape index (κ3) is 11.9. The number of hydrogen-bond donors (Lipinski definition) is 2. The lowest BCUT2D eigenvalue weighted by atomic mass is 10.1. The van der Waals surface area contributed by atoms with Gasteiger partial charge in [-0.3, -0.25) is 0 Å². The van der Waals surface area contributed by atoms with Crippen LogP contribution in [0.15, 0.2) is 0 Å². The monoisotopic (exact) mass is 188 g/mol. The van der Waals surface area contributed by atoms with Crippen LogP contribution in [0.4, 0.5) is 0 Å². The van der Waals surface area contributed by atoms with E-state index in [1.54, 1.807) is 0 Å². The van der Waals surface area contributed by atoms with E-state index < -0.39 is 0 Å². The second-order valence-corrected chi connectivity index (χ2v) is 4.28. The lowest BCUT2D eigenvalue weighted by molar-refractivity contribution is 0.129. The van der Waals surface area contributed by atoms with E-state index in [1.165, 1.54) is 0 Å². The van der Waals surface area contributed by atoms with Gasteiger partial charge in [0.1, 0.15) is 0 Å². The Labute approximate surface area is 82.0 Å². The maximum atomic E-state index is 5.37. The van der Waals surface area contributed by atoms with Crippen LogP contribution in [-0.2, 0) is 4.74 Å². The molecule has 0 amide bonds. The number of ether oxygens (including phenoxy) is 1. The van der Waals surface area contributed by atoms with E-state index in [2.05, 4.69) is 26.1 Å². The highest BCUT2D eigenvalue weighted by Crippen LogP contribution is 1.97. The van der Waals surface area contributed by atoms with Crippen molar-refractivity contribution in [3.05, 3.63) is 0 Å². The SMILES string of the molecule is CC(C)(C)NCCCOCCCN. The predicted molar refractivity (Wildman–Crippen MR) is 56.9 cm³/mol. The lowest BCUT2D eigenvalue weighted by Crippen LogP contribution is -2.36. The Morgan fingerprint density at radius 2 is 1.77 bits per heavy atom. The van der Waals surface area contributed by atoms with Crippen molar-refractivity contribution in [3.63, 3.8) is 0 Å². The maximum Gasteiger partial charge on any atom is 0.0478 e. The van der Waals surface area contributed by atoms with Gasteiger partial charge in [0.05, 0.1) is 0 Å². The molecular formula is C10H24N2O. The summed E-state index contributed by atoms with van der Waals surface area (Å²) < 4.78 is 5.37. The van der Waals surface area contributed by atoms with E-state index in [4.69, 9.17) is 10.5 Å². The molecule has 0 saturated carbocycles. The molecule has 0 atom stereocenters. The van der Waals surface area contributed by atoms with Crippen LogP contribution in [0.2, 0.25) is 0 Å². The van der Waals surface area contributed by atoms with Gasteiger partial charge in [0.2, 0.25) is 0 Å². The summed E-state index contributed by atoms with van der Waals surface area (Å²) in [6, 6.07) is 0. The van der Waals surface area contributed by atoms with Gasteiger partial charge in [0.15, 0.2) is 0 Å². The normalized spacial score (nSPS) is 12.0. The Hall–Kier alpha value is -0.120. The highest BCUT2D eigenvalue weighted by Gasteiger charge is 2.06.